The molecule has 0 spiro atoms. The van der Waals surface area contributed by atoms with Crippen LogP contribution in [0.15, 0.2) is 5.10 Å². The van der Waals surface area contributed by atoms with Gasteiger partial charge in [0, 0.05) is 6.54 Å². The van der Waals surface area contributed by atoms with Crippen molar-refractivity contribution in [2.24, 2.45) is 16.4 Å². The number of hydrogen-bond acceptors (Lipinski definition) is 3. The van der Waals surface area contributed by atoms with Crippen molar-refractivity contribution in [2.45, 2.75) is 65.8 Å². The number of carbonyl (C=O) groups is 2. The number of carbonyl (C=O) groups excluding carboxylic acids is 1. The summed E-state index contributed by atoms with van der Waals surface area (Å²) < 4.78 is 0. The summed E-state index contributed by atoms with van der Waals surface area (Å²) in [6, 6.07) is 0.114. The Bertz CT molecular complexity index is 490. The van der Waals surface area contributed by atoms with E-state index >= 15 is 0 Å². The first kappa shape index (κ1) is 17.8. The lowest BCUT2D eigenvalue weighted by Crippen LogP contribution is -2.40. The fourth-order valence-corrected chi connectivity index (χ4v) is 3.53. The van der Waals surface area contributed by atoms with E-state index in [9.17, 15) is 14.7 Å². The molecule has 0 aromatic heterocycles. The zero-order valence-electron chi connectivity index (χ0n) is 14.7. The van der Waals surface area contributed by atoms with Crippen LogP contribution in [0.1, 0.15) is 59.8 Å². The molecular formula is C17H29N3O3. The molecule has 0 bridgehead atoms. The standard InChI is InChI=1S/C17H29N3O3/c1-12(13-7-5-6-8-13)20-15(21)9-14(18-20)10-19(16(22)23)11-17(2,3)4/h12-13H,5-11H2,1-4H3,(H,22,23). The Morgan fingerprint density at radius 3 is 2.52 bits per heavy atom. The highest BCUT2D eigenvalue weighted by molar-refractivity contribution is 6.06. The maximum absolute atomic E-state index is 12.3. The van der Waals surface area contributed by atoms with E-state index in [1.807, 2.05) is 20.8 Å². The van der Waals surface area contributed by atoms with Crippen LogP contribution in [0.3, 0.4) is 0 Å². The molecule has 1 N–H and O–H groups in total. The molecule has 1 saturated carbocycles. The molecule has 0 radical (unpaired) electrons. The lowest BCUT2D eigenvalue weighted by atomic mass is 9.96. The van der Waals surface area contributed by atoms with E-state index < -0.39 is 6.09 Å². The van der Waals surface area contributed by atoms with E-state index in [-0.39, 0.29) is 30.3 Å². The van der Waals surface area contributed by atoms with Crippen LogP contribution >= 0.6 is 0 Å². The molecule has 1 unspecified atom stereocenters. The molecule has 1 atom stereocenters. The average Bonchev–Trinajstić information content (AvgIpc) is 3.05. The summed E-state index contributed by atoms with van der Waals surface area (Å²) in [4.78, 5) is 25.1. The first-order chi connectivity index (χ1) is 10.7. The van der Waals surface area contributed by atoms with Crippen molar-refractivity contribution in [3.05, 3.63) is 0 Å². The van der Waals surface area contributed by atoms with Crippen molar-refractivity contribution >= 4 is 17.7 Å². The molecule has 2 amide bonds. The topological polar surface area (TPSA) is 73.2 Å². The molecule has 6 nitrogen and oxygen atoms in total. The minimum Gasteiger partial charge on any atom is -0.465 e. The van der Waals surface area contributed by atoms with Crippen LogP contribution in [0.2, 0.25) is 0 Å². The van der Waals surface area contributed by atoms with E-state index in [0.717, 1.165) is 12.8 Å². The second-order valence-corrected chi connectivity index (χ2v) is 8.07. The fourth-order valence-electron chi connectivity index (χ4n) is 3.53. The number of carboxylic acid groups (broad SMARTS) is 1. The monoisotopic (exact) mass is 323 g/mol. The molecule has 6 heteroatoms. The number of rotatable bonds is 5. The normalized spacial score (nSPS) is 20.8. The van der Waals surface area contributed by atoms with Gasteiger partial charge in [0.1, 0.15) is 0 Å². The molecule has 1 aliphatic heterocycles. The van der Waals surface area contributed by atoms with Gasteiger partial charge >= 0.3 is 6.09 Å². The van der Waals surface area contributed by atoms with Crippen LogP contribution in [-0.4, -0.2) is 51.9 Å². The van der Waals surface area contributed by atoms with Crippen molar-refractivity contribution in [2.75, 3.05) is 13.1 Å². The summed E-state index contributed by atoms with van der Waals surface area (Å²) in [5.41, 5.74) is 0.532. The summed E-state index contributed by atoms with van der Waals surface area (Å²) in [6.07, 6.45) is 4.04. The number of hydrazone groups is 1. The van der Waals surface area contributed by atoms with Crippen LogP contribution < -0.4 is 0 Å². The number of amides is 2. The lowest BCUT2D eigenvalue weighted by Gasteiger charge is -2.27. The predicted molar refractivity (Wildman–Crippen MR) is 89.4 cm³/mol. The number of hydrogen-bond donors (Lipinski definition) is 1. The van der Waals surface area contributed by atoms with E-state index in [1.165, 1.54) is 17.7 Å². The molecule has 1 fully saturated rings. The molecule has 2 rings (SSSR count). The SMILES string of the molecule is CC(C1CCCC1)N1N=C(CN(CC(C)(C)C)C(=O)O)CC1=O. The van der Waals surface area contributed by atoms with Crippen LogP contribution in [-0.2, 0) is 4.79 Å². The average molecular weight is 323 g/mol. The first-order valence-corrected chi connectivity index (χ1v) is 8.53. The van der Waals surface area contributed by atoms with Gasteiger partial charge in [-0.3, -0.25) is 4.79 Å². The highest BCUT2D eigenvalue weighted by atomic mass is 16.4. The maximum atomic E-state index is 12.3. The van der Waals surface area contributed by atoms with Crippen LogP contribution in [0, 0.1) is 11.3 Å². The van der Waals surface area contributed by atoms with E-state index in [1.54, 1.807) is 5.01 Å². The molecule has 0 aromatic rings. The Balaban J connectivity index is 2.03. The minimum absolute atomic E-state index is 0.000461. The Morgan fingerprint density at radius 2 is 2.00 bits per heavy atom. The van der Waals surface area contributed by atoms with Gasteiger partial charge in [-0.15, -0.1) is 0 Å². The Kier molecular flexibility index (Phi) is 5.32. The molecule has 1 aliphatic carbocycles. The second-order valence-electron chi connectivity index (χ2n) is 8.07. The van der Waals surface area contributed by atoms with Crippen molar-refractivity contribution in [1.82, 2.24) is 9.91 Å². The van der Waals surface area contributed by atoms with Gasteiger partial charge in [-0.05, 0) is 31.1 Å². The quantitative estimate of drug-likeness (QED) is 0.844. The smallest absolute Gasteiger partial charge is 0.407 e. The molecule has 0 saturated heterocycles. The molecule has 23 heavy (non-hydrogen) atoms. The molecule has 1 heterocycles. The molecule has 0 aromatic carbocycles. The summed E-state index contributed by atoms with van der Waals surface area (Å²) >= 11 is 0. The van der Waals surface area contributed by atoms with Crippen molar-refractivity contribution in [1.29, 1.82) is 0 Å². The summed E-state index contributed by atoms with van der Waals surface area (Å²) in [5.74, 6) is 0.521. The van der Waals surface area contributed by atoms with Gasteiger partial charge in [-0.2, -0.15) is 5.10 Å². The van der Waals surface area contributed by atoms with E-state index in [4.69, 9.17) is 0 Å². The Morgan fingerprint density at radius 1 is 1.39 bits per heavy atom. The Labute approximate surface area is 138 Å². The lowest BCUT2D eigenvalue weighted by molar-refractivity contribution is -0.131. The van der Waals surface area contributed by atoms with E-state index in [2.05, 4.69) is 12.0 Å². The molecular weight excluding hydrogens is 294 g/mol. The Hall–Kier alpha value is -1.59. The summed E-state index contributed by atoms with van der Waals surface area (Å²) in [6.45, 7) is 8.70. The van der Waals surface area contributed by atoms with E-state index in [0.29, 0.717) is 18.2 Å². The third-order valence-electron chi connectivity index (χ3n) is 4.64. The summed E-state index contributed by atoms with van der Waals surface area (Å²) in [5, 5.41) is 15.4. The van der Waals surface area contributed by atoms with Gasteiger partial charge in [-0.1, -0.05) is 33.6 Å². The van der Waals surface area contributed by atoms with Crippen molar-refractivity contribution in [3.63, 3.8) is 0 Å². The largest absolute Gasteiger partial charge is 0.465 e. The van der Waals surface area contributed by atoms with Gasteiger partial charge in [0.25, 0.3) is 0 Å². The van der Waals surface area contributed by atoms with Gasteiger partial charge < -0.3 is 10.0 Å². The third kappa shape index (κ3) is 4.69. The van der Waals surface area contributed by atoms with Crippen molar-refractivity contribution < 1.29 is 14.7 Å². The van der Waals surface area contributed by atoms with Crippen molar-refractivity contribution in [3.8, 4) is 0 Å². The van der Waals surface area contributed by atoms with Crippen LogP contribution in [0.25, 0.3) is 0 Å². The zero-order valence-corrected chi connectivity index (χ0v) is 14.7. The van der Waals surface area contributed by atoms with Gasteiger partial charge in [0.15, 0.2) is 0 Å². The minimum atomic E-state index is -0.961. The highest BCUT2D eigenvalue weighted by Gasteiger charge is 2.34. The zero-order chi connectivity index (χ0) is 17.2. The van der Waals surface area contributed by atoms with Crippen LogP contribution in [0.5, 0.6) is 0 Å². The molecule has 2 aliphatic rings. The maximum Gasteiger partial charge on any atom is 0.407 e. The summed E-state index contributed by atoms with van der Waals surface area (Å²) in [7, 11) is 0. The first-order valence-electron chi connectivity index (χ1n) is 8.53. The van der Waals surface area contributed by atoms with Gasteiger partial charge in [-0.25, -0.2) is 9.80 Å². The predicted octanol–water partition coefficient (Wildman–Crippen LogP) is 3.18. The number of nitrogens with zero attached hydrogens (tertiary/aromatic N) is 3. The highest BCUT2D eigenvalue weighted by Crippen LogP contribution is 2.31. The van der Waals surface area contributed by atoms with Crippen LogP contribution in [0.4, 0.5) is 4.79 Å². The third-order valence-corrected chi connectivity index (χ3v) is 4.64. The van der Waals surface area contributed by atoms with Gasteiger partial charge in [0.05, 0.1) is 24.7 Å². The fraction of sp³-hybridized carbons (Fsp3) is 0.824. The molecule has 130 valence electrons. The second kappa shape index (κ2) is 6.89. The van der Waals surface area contributed by atoms with Gasteiger partial charge in [0.2, 0.25) is 5.91 Å².